The molecule has 1 atom stereocenters. The first kappa shape index (κ1) is 28.3. The van der Waals surface area contributed by atoms with Gasteiger partial charge in [-0.25, -0.2) is 0 Å². The highest BCUT2D eigenvalue weighted by Crippen LogP contribution is 2.39. The summed E-state index contributed by atoms with van der Waals surface area (Å²) in [6, 6.07) is 14.0. The summed E-state index contributed by atoms with van der Waals surface area (Å²) in [6.45, 7) is 8.21. The van der Waals surface area contributed by atoms with E-state index < -0.39 is 5.41 Å². The average molecular weight is 548 g/mol. The number of fused-ring (bicyclic) bond motifs is 1. The van der Waals surface area contributed by atoms with Crippen LogP contribution in [0.15, 0.2) is 42.5 Å². The Bertz CT molecular complexity index is 1170. The van der Waals surface area contributed by atoms with Crippen LogP contribution in [0.2, 0.25) is 0 Å². The first-order valence-electron chi connectivity index (χ1n) is 15.3. The Morgan fingerprint density at radius 1 is 1.00 bits per heavy atom. The van der Waals surface area contributed by atoms with Crippen LogP contribution in [0.1, 0.15) is 81.1 Å². The number of anilines is 1. The van der Waals surface area contributed by atoms with E-state index in [-0.39, 0.29) is 17.9 Å². The highest BCUT2D eigenvalue weighted by atomic mass is 16.5. The number of hydrogen-bond acceptors (Lipinski definition) is 5. The number of carbonyl (C=O) groups is 2. The number of piperidine rings is 2. The summed E-state index contributed by atoms with van der Waals surface area (Å²) in [4.78, 5) is 31.6. The van der Waals surface area contributed by atoms with Gasteiger partial charge in [-0.1, -0.05) is 24.6 Å². The van der Waals surface area contributed by atoms with Crippen LogP contribution in [-0.2, 0) is 11.2 Å². The third kappa shape index (κ3) is 6.39. The Labute approximate surface area is 239 Å². The zero-order chi connectivity index (χ0) is 28.0. The van der Waals surface area contributed by atoms with Gasteiger partial charge >= 0.3 is 0 Å². The summed E-state index contributed by atoms with van der Waals surface area (Å²) < 4.78 is 12.0. The van der Waals surface area contributed by atoms with Crippen LogP contribution in [0.5, 0.6) is 11.5 Å². The first-order chi connectivity index (χ1) is 19.5. The van der Waals surface area contributed by atoms with Gasteiger partial charge in [-0.15, -0.1) is 0 Å². The number of likely N-dealkylation sites (tertiary alicyclic amines) is 1. The fourth-order valence-corrected chi connectivity index (χ4v) is 6.48. The van der Waals surface area contributed by atoms with Gasteiger partial charge in [-0.05, 0) is 95.0 Å². The maximum absolute atomic E-state index is 13.7. The first-order valence-corrected chi connectivity index (χ1v) is 15.3. The van der Waals surface area contributed by atoms with Gasteiger partial charge in [0, 0.05) is 31.7 Å². The molecule has 2 aromatic rings. The van der Waals surface area contributed by atoms with Crippen molar-refractivity contribution in [1.82, 2.24) is 10.2 Å². The molecule has 7 nitrogen and oxygen atoms in total. The van der Waals surface area contributed by atoms with Gasteiger partial charge < -0.3 is 24.6 Å². The molecule has 2 amide bonds. The molecule has 1 spiro atoms. The highest BCUT2D eigenvalue weighted by Gasteiger charge is 2.42. The zero-order valence-corrected chi connectivity index (χ0v) is 24.3. The lowest BCUT2D eigenvalue weighted by atomic mass is 9.73. The van der Waals surface area contributed by atoms with E-state index >= 15 is 0 Å². The molecule has 0 aliphatic carbocycles. The molecule has 0 saturated carbocycles. The molecule has 5 rings (SSSR count). The summed E-state index contributed by atoms with van der Waals surface area (Å²) in [6.07, 6.45) is 8.73. The SMILES string of the molecule is CCOc1ccc(C(=O)N2CCC3(CCCCc4ccccc4OC[C@H](C)NC3=O)CC2)cc1N1CCCCC1. The second-order valence-electron chi connectivity index (χ2n) is 11.7. The van der Waals surface area contributed by atoms with Crippen LogP contribution in [0.4, 0.5) is 5.69 Å². The lowest BCUT2D eigenvalue weighted by Crippen LogP contribution is -2.52. The molecule has 3 heterocycles. The van der Waals surface area contributed by atoms with Crippen molar-refractivity contribution in [1.29, 1.82) is 0 Å². The molecule has 216 valence electrons. The van der Waals surface area contributed by atoms with E-state index in [1.54, 1.807) is 0 Å². The van der Waals surface area contributed by atoms with Crippen molar-refractivity contribution in [3.63, 3.8) is 0 Å². The topological polar surface area (TPSA) is 71.1 Å². The molecule has 1 N–H and O–H groups in total. The largest absolute Gasteiger partial charge is 0.492 e. The minimum Gasteiger partial charge on any atom is -0.492 e. The molecule has 2 fully saturated rings. The molecule has 0 aromatic heterocycles. The summed E-state index contributed by atoms with van der Waals surface area (Å²) in [5, 5.41) is 3.24. The summed E-state index contributed by atoms with van der Waals surface area (Å²) >= 11 is 0. The number of benzene rings is 2. The van der Waals surface area contributed by atoms with E-state index in [0.29, 0.717) is 44.7 Å². The van der Waals surface area contributed by atoms with Crippen molar-refractivity contribution in [3.05, 3.63) is 53.6 Å². The molecule has 3 aliphatic rings. The van der Waals surface area contributed by atoms with Gasteiger partial charge in [0.15, 0.2) is 0 Å². The van der Waals surface area contributed by atoms with Crippen molar-refractivity contribution >= 4 is 17.5 Å². The Morgan fingerprint density at radius 2 is 1.77 bits per heavy atom. The maximum atomic E-state index is 13.7. The van der Waals surface area contributed by atoms with Crippen LogP contribution >= 0.6 is 0 Å². The average Bonchev–Trinajstić information content (AvgIpc) is 2.99. The molecule has 0 radical (unpaired) electrons. The molecule has 3 aliphatic heterocycles. The minimum absolute atomic E-state index is 0.0445. The third-order valence-corrected chi connectivity index (χ3v) is 8.88. The molecular weight excluding hydrogens is 502 g/mol. The van der Waals surface area contributed by atoms with Crippen LogP contribution in [0.3, 0.4) is 0 Å². The molecule has 40 heavy (non-hydrogen) atoms. The van der Waals surface area contributed by atoms with Gasteiger partial charge in [-0.2, -0.15) is 0 Å². The minimum atomic E-state index is -0.443. The molecule has 7 heteroatoms. The Kier molecular flexibility index (Phi) is 9.18. The molecule has 2 saturated heterocycles. The maximum Gasteiger partial charge on any atom is 0.253 e. The Hall–Kier alpha value is -3.22. The number of nitrogens with one attached hydrogen (secondary N) is 1. The van der Waals surface area contributed by atoms with Crippen LogP contribution < -0.4 is 19.7 Å². The van der Waals surface area contributed by atoms with Crippen LogP contribution in [0.25, 0.3) is 0 Å². The Morgan fingerprint density at radius 3 is 2.55 bits per heavy atom. The smallest absolute Gasteiger partial charge is 0.253 e. The number of nitrogens with zero attached hydrogens (tertiary/aromatic N) is 2. The second-order valence-corrected chi connectivity index (χ2v) is 11.7. The van der Waals surface area contributed by atoms with Crippen molar-refractivity contribution in [2.24, 2.45) is 5.41 Å². The quantitative estimate of drug-likeness (QED) is 0.539. The van der Waals surface area contributed by atoms with Crippen molar-refractivity contribution in [2.45, 2.75) is 77.7 Å². The summed E-state index contributed by atoms with van der Waals surface area (Å²) in [7, 11) is 0. The standard InChI is InChI=1S/C33H45N3O4/c1-3-39-30-15-14-27(23-28(30)35-19-9-4-10-20-35)31(37)36-21-17-33(18-22-36)16-8-7-12-26-11-5-6-13-29(26)40-24-25(2)34-32(33)38/h5-6,11,13-15,23,25H,3-4,7-10,12,16-22,24H2,1-2H3,(H,34,38)/t25-/m0/s1. The van der Waals surface area contributed by atoms with Gasteiger partial charge in [0.1, 0.15) is 18.1 Å². The van der Waals surface area contributed by atoms with E-state index in [0.717, 1.165) is 68.8 Å². The predicted molar refractivity (Wildman–Crippen MR) is 158 cm³/mol. The van der Waals surface area contributed by atoms with Crippen molar-refractivity contribution in [2.75, 3.05) is 44.3 Å². The van der Waals surface area contributed by atoms with Crippen molar-refractivity contribution < 1.29 is 19.1 Å². The second kappa shape index (κ2) is 13.0. The van der Waals surface area contributed by atoms with Gasteiger partial charge in [-0.3, -0.25) is 9.59 Å². The number of rotatable bonds is 4. The van der Waals surface area contributed by atoms with Crippen LogP contribution in [-0.4, -0.2) is 62.1 Å². The fourth-order valence-electron chi connectivity index (χ4n) is 6.48. The zero-order valence-electron chi connectivity index (χ0n) is 24.3. The lowest BCUT2D eigenvalue weighted by molar-refractivity contribution is -0.135. The normalized spacial score (nSPS) is 21.9. The van der Waals surface area contributed by atoms with Gasteiger partial charge in [0.05, 0.1) is 23.8 Å². The van der Waals surface area contributed by atoms with E-state index in [9.17, 15) is 9.59 Å². The number of para-hydroxylation sites is 1. The number of carbonyl (C=O) groups excluding carboxylic acids is 2. The predicted octanol–water partition coefficient (Wildman–Crippen LogP) is 5.61. The number of amides is 2. The molecule has 2 aromatic carbocycles. The number of ether oxygens (including phenoxy) is 2. The number of aryl methyl sites for hydroxylation is 1. The molecule has 0 unspecified atom stereocenters. The monoisotopic (exact) mass is 547 g/mol. The van der Waals surface area contributed by atoms with E-state index in [4.69, 9.17) is 9.47 Å². The van der Waals surface area contributed by atoms with E-state index in [1.807, 2.05) is 49.1 Å². The van der Waals surface area contributed by atoms with E-state index in [1.165, 1.54) is 12.0 Å². The third-order valence-electron chi connectivity index (χ3n) is 8.88. The fraction of sp³-hybridized carbons (Fsp3) is 0.576. The number of hydrogen-bond donors (Lipinski definition) is 1. The molecular formula is C33H45N3O4. The molecule has 0 bridgehead atoms. The van der Waals surface area contributed by atoms with E-state index in [2.05, 4.69) is 22.3 Å². The lowest BCUT2D eigenvalue weighted by Gasteiger charge is -2.41. The van der Waals surface area contributed by atoms with Gasteiger partial charge in [0.25, 0.3) is 5.91 Å². The Balaban J connectivity index is 1.27. The summed E-state index contributed by atoms with van der Waals surface area (Å²) in [5.41, 5.74) is 2.52. The van der Waals surface area contributed by atoms with Gasteiger partial charge in [0.2, 0.25) is 5.91 Å². The summed E-state index contributed by atoms with van der Waals surface area (Å²) in [5.74, 6) is 1.92. The van der Waals surface area contributed by atoms with Crippen LogP contribution in [0, 0.1) is 5.41 Å². The van der Waals surface area contributed by atoms with Crippen molar-refractivity contribution in [3.8, 4) is 11.5 Å². The highest BCUT2D eigenvalue weighted by molar-refractivity contribution is 5.96.